The maximum atomic E-state index is 13.1. The van der Waals surface area contributed by atoms with E-state index in [1.54, 1.807) is 29.2 Å². The number of phenols is 2. The number of aryl methyl sites for hydroxylation is 1. The van der Waals surface area contributed by atoms with Crippen LogP contribution >= 0.6 is 0 Å². The van der Waals surface area contributed by atoms with Gasteiger partial charge < -0.3 is 19.8 Å². The molecule has 29 heavy (non-hydrogen) atoms. The number of aromatic nitrogens is 2. The molecule has 0 fully saturated rings. The highest BCUT2D eigenvalue weighted by Crippen LogP contribution is 2.45. The van der Waals surface area contributed by atoms with Gasteiger partial charge in [-0.3, -0.25) is 9.89 Å². The molecule has 0 aliphatic carbocycles. The first kappa shape index (κ1) is 18.9. The molecule has 3 N–H and O–H groups in total. The van der Waals surface area contributed by atoms with Crippen molar-refractivity contribution in [3.8, 4) is 28.5 Å². The van der Waals surface area contributed by atoms with E-state index >= 15 is 0 Å². The van der Waals surface area contributed by atoms with E-state index in [9.17, 15) is 15.0 Å². The quantitative estimate of drug-likeness (QED) is 0.613. The Hall–Kier alpha value is -3.48. The topological polar surface area (TPSA) is 98.7 Å². The maximum Gasteiger partial charge on any atom is 0.273 e. The van der Waals surface area contributed by atoms with Crippen molar-refractivity contribution in [2.45, 2.75) is 26.3 Å². The summed E-state index contributed by atoms with van der Waals surface area (Å²) in [5.74, 6) is 0.341. The van der Waals surface area contributed by atoms with Crippen LogP contribution in [-0.2, 0) is 0 Å². The maximum absolute atomic E-state index is 13.1. The van der Waals surface area contributed by atoms with Crippen LogP contribution in [0, 0.1) is 6.92 Å². The Labute approximate surface area is 168 Å². The largest absolute Gasteiger partial charge is 0.507 e. The summed E-state index contributed by atoms with van der Waals surface area (Å²) in [5.41, 5.74) is 4.04. The molecule has 3 aromatic rings. The van der Waals surface area contributed by atoms with Crippen molar-refractivity contribution in [2.24, 2.45) is 0 Å². The average molecular weight is 393 g/mol. The van der Waals surface area contributed by atoms with Crippen molar-refractivity contribution in [2.75, 3.05) is 13.7 Å². The number of nitrogens with zero attached hydrogens (tertiary/aromatic N) is 2. The lowest BCUT2D eigenvalue weighted by atomic mass is 9.95. The third-order valence-electron chi connectivity index (χ3n) is 5.26. The number of methoxy groups -OCH3 is 1. The molecule has 0 unspecified atom stereocenters. The first-order valence-corrected chi connectivity index (χ1v) is 9.52. The predicted octanol–water partition coefficient (Wildman–Crippen LogP) is 3.76. The van der Waals surface area contributed by atoms with Crippen LogP contribution in [-0.4, -0.2) is 44.9 Å². The monoisotopic (exact) mass is 393 g/mol. The second-order valence-electron chi connectivity index (χ2n) is 7.21. The van der Waals surface area contributed by atoms with Gasteiger partial charge in [0.1, 0.15) is 17.1 Å². The number of benzene rings is 2. The van der Waals surface area contributed by atoms with Crippen LogP contribution in [0.25, 0.3) is 11.3 Å². The number of carbonyl (C=O) groups is 1. The highest BCUT2D eigenvalue weighted by atomic mass is 16.5. The summed E-state index contributed by atoms with van der Waals surface area (Å²) in [6, 6.07) is 9.98. The molecule has 0 saturated carbocycles. The van der Waals surface area contributed by atoms with Crippen LogP contribution in [0.15, 0.2) is 36.4 Å². The summed E-state index contributed by atoms with van der Waals surface area (Å²) < 4.78 is 5.27. The number of aromatic hydroxyl groups is 2. The Morgan fingerprint density at radius 2 is 1.93 bits per heavy atom. The van der Waals surface area contributed by atoms with E-state index in [2.05, 4.69) is 10.2 Å². The molecular weight excluding hydrogens is 370 g/mol. The second kappa shape index (κ2) is 7.16. The molecule has 1 atom stereocenters. The highest BCUT2D eigenvalue weighted by Gasteiger charge is 2.42. The molecule has 150 valence electrons. The second-order valence-corrected chi connectivity index (χ2v) is 7.21. The van der Waals surface area contributed by atoms with Gasteiger partial charge in [-0.15, -0.1) is 0 Å². The van der Waals surface area contributed by atoms with Gasteiger partial charge >= 0.3 is 0 Å². The summed E-state index contributed by atoms with van der Waals surface area (Å²) in [6.45, 7) is 4.52. The van der Waals surface area contributed by atoms with Gasteiger partial charge in [0.05, 0.1) is 13.2 Å². The van der Waals surface area contributed by atoms with Crippen molar-refractivity contribution in [1.82, 2.24) is 15.1 Å². The first-order valence-electron chi connectivity index (χ1n) is 9.52. The van der Waals surface area contributed by atoms with Crippen molar-refractivity contribution >= 4 is 5.91 Å². The summed E-state index contributed by atoms with van der Waals surface area (Å²) in [7, 11) is 1.49. The van der Waals surface area contributed by atoms with Crippen LogP contribution < -0.4 is 4.74 Å². The van der Waals surface area contributed by atoms with Gasteiger partial charge in [0.15, 0.2) is 11.5 Å². The molecule has 2 aromatic carbocycles. The molecule has 7 heteroatoms. The summed E-state index contributed by atoms with van der Waals surface area (Å²) >= 11 is 0. The standard InChI is InChI=1S/C22H23N3O4/c1-4-9-25-21(13-6-8-16(27)17(11-13)29-3)18-19(23-24-20(18)22(25)28)14-10-12(2)5-7-15(14)26/h5-8,10-11,21,26-27H,4,9H2,1-3H3,(H,23,24)/t21-/m0/s1. The Bertz CT molecular complexity index is 1090. The molecule has 7 nitrogen and oxygen atoms in total. The normalized spacial score (nSPS) is 15.6. The fourth-order valence-electron chi connectivity index (χ4n) is 3.92. The number of aromatic amines is 1. The molecule has 2 heterocycles. The summed E-state index contributed by atoms with van der Waals surface area (Å²) in [4.78, 5) is 14.9. The molecule has 1 aromatic heterocycles. The van der Waals surface area contributed by atoms with Crippen molar-refractivity contribution in [3.63, 3.8) is 0 Å². The van der Waals surface area contributed by atoms with Crippen LogP contribution in [0.2, 0.25) is 0 Å². The lowest BCUT2D eigenvalue weighted by Crippen LogP contribution is -2.30. The fraction of sp³-hybridized carbons (Fsp3) is 0.273. The van der Waals surface area contributed by atoms with E-state index in [0.717, 1.165) is 23.1 Å². The molecule has 0 spiro atoms. The zero-order chi connectivity index (χ0) is 20.7. The Morgan fingerprint density at radius 1 is 1.17 bits per heavy atom. The molecule has 1 aliphatic rings. The molecular formula is C22H23N3O4. The van der Waals surface area contributed by atoms with Crippen LogP contribution in [0.5, 0.6) is 17.2 Å². The van der Waals surface area contributed by atoms with Gasteiger partial charge in [0, 0.05) is 17.7 Å². The Balaban J connectivity index is 1.93. The van der Waals surface area contributed by atoms with Gasteiger partial charge in [-0.05, 0) is 43.2 Å². The summed E-state index contributed by atoms with van der Waals surface area (Å²) in [5, 5.41) is 27.7. The molecule has 0 radical (unpaired) electrons. The fourth-order valence-corrected chi connectivity index (χ4v) is 3.92. The third kappa shape index (κ3) is 2.99. The first-order chi connectivity index (χ1) is 14.0. The zero-order valence-electron chi connectivity index (χ0n) is 16.6. The third-order valence-corrected chi connectivity index (χ3v) is 5.26. The molecule has 0 bridgehead atoms. The number of hydrogen-bond acceptors (Lipinski definition) is 5. The minimum Gasteiger partial charge on any atom is -0.507 e. The van der Waals surface area contributed by atoms with E-state index in [0.29, 0.717) is 29.2 Å². The number of amides is 1. The smallest absolute Gasteiger partial charge is 0.273 e. The average Bonchev–Trinajstić information content (AvgIpc) is 3.24. The number of H-pyrrole nitrogens is 1. The van der Waals surface area contributed by atoms with Gasteiger partial charge in [0.2, 0.25) is 0 Å². The number of phenolic OH excluding ortho intramolecular Hbond substituents is 2. The van der Waals surface area contributed by atoms with E-state index < -0.39 is 6.04 Å². The number of hydrogen-bond donors (Lipinski definition) is 3. The van der Waals surface area contributed by atoms with E-state index in [4.69, 9.17) is 4.74 Å². The van der Waals surface area contributed by atoms with Crippen LogP contribution in [0.1, 0.15) is 46.6 Å². The van der Waals surface area contributed by atoms with Crippen molar-refractivity contribution in [1.29, 1.82) is 0 Å². The number of carbonyl (C=O) groups excluding carboxylic acids is 1. The van der Waals surface area contributed by atoms with Crippen molar-refractivity contribution in [3.05, 3.63) is 58.8 Å². The lowest BCUT2D eigenvalue weighted by Gasteiger charge is -2.26. The van der Waals surface area contributed by atoms with E-state index in [1.165, 1.54) is 7.11 Å². The van der Waals surface area contributed by atoms with Gasteiger partial charge in [-0.1, -0.05) is 24.6 Å². The SMILES string of the molecule is CCCN1C(=O)c2[nH]nc(-c3cc(C)ccc3O)c2[C@@H]1c1ccc(O)c(OC)c1. The zero-order valence-corrected chi connectivity index (χ0v) is 16.6. The number of nitrogens with one attached hydrogen (secondary N) is 1. The van der Waals surface area contributed by atoms with E-state index in [1.807, 2.05) is 26.0 Å². The van der Waals surface area contributed by atoms with Crippen LogP contribution in [0.3, 0.4) is 0 Å². The van der Waals surface area contributed by atoms with E-state index in [-0.39, 0.29) is 17.4 Å². The lowest BCUT2D eigenvalue weighted by molar-refractivity contribution is 0.0744. The highest BCUT2D eigenvalue weighted by molar-refractivity contribution is 6.00. The molecule has 1 aliphatic heterocycles. The van der Waals surface area contributed by atoms with Gasteiger partial charge in [-0.25, -0.2) is 0 Å². The molecule has 1 amide bonds. The van der Waals surface area contributed by atoms with Gasteiger partial charge in [-0.2, -0.15) is 5.10 Å². The number of fused-ring (bicyclic) bond motifs is 1. The number of ether oxygens (including phenoxy) is 1. The predicted molar refractivity (Wildman–Crippen MR) is 108 cm³/mol. The minimum atomic E-state index is -0.402. The van der Waals surface area contributed by atoms with Gasteiger partial charge in [0.25, 0.3) is 5.91 Å². The number of rotatable bonds is 5. The Kier molecular flexibility index (Phi) is 4.66. The minimum absolute atomic E-state index is 0.0339. The van der Waals surface area contributed by atoms with Crippen LogP contribution in [0.4, 0.5) is 0 Å². The Morgan fingerprint density at radius 3 is 2.66 bits per heavy atom. The molecule has 4 rings (SSSR count). The molecule has 0 saturated heterocycles. The van der Waals surface area contributed by atoms with Crippen molar-refractivity contribution < 1.29 is 19.7 Å². The summed E-state index contributed by atoms with van der Waals surface area (Å²) in [6.07, 6.45) is 0.792.